The predicted octanol–water partition coefficient (Wildman–Crippen LogP) is 2.57. The van der Waals surface area contributed by atoms with E-state index in [1.54, 1.807) is 20.8 Å². The zero-order chi connectivity index (χ0) is 25.6. The zero-order valence-electron chi connectivity index (χ0n) is 19.8. The maximum atomic E-state index is 12.5. The van der Waals surface area contributed by atoms with Crippen molar-refractivity contribution in [3.63, 3.8) is 0 Å². The van der Waals surface area contributed by atoms with Gasteiger partial charge in [0.1, 0.15) is 24.3 Å². The minimum atomic E-state index is -1.29. The maximum absolute atomic E-state index is 12.5. The number of carboxylic acid groups (broad SMARTS) is 1. The van der Waals surface area contributed by atoms with Crippen LogP contribution in [0.1, 0.15) is 52.0 Å². The first-order valence-corrected chi connectivity index (χ1v) is 10.9. The summed E-state index contributed by atoms with van der Waals surface area (Å²) in [6.07, 6.45) is 5.57. The third-order valence-electron chi connectivity index (χ3n) is 4.32. The Balaban J connectivity index is 2.51. The summed E-state index contributed by atoms with van der Waals surface area (Å²) in [5, 5.41) is 16.4. The van der Waals surface area contributed by atoms with Crippen LogP contribution in [-0.4, -0.2) is 53.4 Å². The van der Waals surface area contributed by atoms with Gasteiger partial charge in [-0.2, -0.15) is 0 Å². The van der Waals surface area contributed by atoms with Crippen LogP contribution in [0.5, 0.6) is 0 Å². The predicted molar refractivity (Wildman–Crippen MR) is 125 cm³/mol. The lowest BCUT2D eigenvalue weighted by Gasteiger charge is -2.25. The third kappa shape index (κ3) is 12.3. The molecule has 2 atom stereocenters. The Bertz CT molecular complexity index is 860. The molecule has 1 aromatic carbocycles. The quantitative estimate of drug-likeness (QED) is 0.207. The molecule has 186 valence electrons. The van der Waals surface area contributed by atoms with Crippen molar-refractivity contribution >= 4 is 24.1 Å². The molecular weight excluding hydrogens is 442 g/mol. The molecule has 0 aromatic heterocycles. The van der Waals surface area contributed by atoms with Gasteiger partial charge in [0.2, 0.25) is 0 Å². The van der Waals surface area contributed by atoms with Gasteiger partial charge >= 0.3 is 24.1 Å². The highest BCUT2D eigenvalue weighted by Crippen LogP contribution is 2.12. The van der Waals surface area contributed by atoms with Gasteiger partial charge < -0.3 is 30.5 Å². The van der Waals surface area contributed by atoms with Gasteiger partial charge in [0.25, 0.3) is 0 Å². The van der Waals surface area contributed by atoms with Crippen molar-refractivity contribution in [1.82, 2.24) is 16.0 Å². The number of aliphatic carboxylic acids is 1. The SMILES string of the molecule is C#CCC(NC(=O)NC(CCCCNC(=O)OCc1ccccc1)C(=O)OC(C)(C)C)C(=O)O. The summed E-state index contributed by atoms with van der Waals surface area (Å²) in [6.45, 7) is 5.55. The van der Waals surface area contributed by atoms with E-state index in [0.717, 1.165) is 5.56 Å². The zero-order valence-corrected chi connectivity index (χ0v) is 19.8. The van der Waals surface area contributed by atoms with Crippen molar-refractivity contribution < 1.29 is 33.8 Å². The van der Waals surface area contributed by atoms with Crippen LogP contribution in [0.2, 0.25) is 0 Å². The van der Waals surface area contributed by atoms with E-state index >= 15 is 0 Å². The smallest absolute Gasteiger partial charge is 0.407 e. The molecule has 1 rings (SSSR count). The van der Waals surface area contributed by atoms with Gasteiger partial charge in [0, 0.05) is 13.0 Å². The number of rotatable bonds is 12. The highest BCUT2D eigenvalue weighted by Gasteiger charge is 2.28. The summed E-state index contributed by atoms with van der Waals surface area (Å²) in [5.41, 5.74) is 0.0968. The van der Waals surface area contributed by atoms with Crippen molar-refractivity contribution in [3.05, 3.63) is 35.9 Å². The van der Waals surface area contributed by atoms with Crippen LogP contribution >= 0.6 is 0 Å². The number of nitrogens with one attached hydrogen (secondary N) is 3. The average molecular weight is 476 g/mol. The largest absolute Gasteiger partial charge is 0.480 e. The topological polar surface area (TPSA) is 143 Å². The van der Waals surface area contributed by atoms with Crippen molar-refractivity contribution in [2.75, 3.05) is 6.54 Å². The molecule has 0 spiro atoms. The normalized spacial score (nSPS) is 12.4. The standard InChI is InChI=1S/C24H33N3O7/c1-5-11-18(20(28)29)26-22(31)27-19(21(30)34-24(2,3)4)14-9-10-15-25-23(32)33-16-17-12-7-6-8-13-17/h1,6-8,12-13,18-19H,9-11,14-16H2,2-4H3,(H,25,32)(H,28,29)(H2,26,27,31). The molecule has 10 nitrogen and oxygen atoms in total. The van der Waals surface area contributed by atoms with Crippen molar-refractivity contribution in [2.45, 2.75) is 70.7 Å². The van der Waals surface area contributed by atoms with E-state index in [4.69, 9.17) is 21.0 Å². The Hall–Kier alpha value is -3.74. The van der Waals surface area contributed by atoms with Crippen molar-refractivity contribution in [2.24, 2.45) is 0 Å². The number of hydrogen-bond acceptors (Lipinski definition) is 6. The highest BCUT2D eigenvalue weighted by atomic mass is 16.6. The molecule has 1 aromatic rings. The number of carboxylic acids is 1. The van der Waals surface area contributed by atoms with Crippen LogP contribution in [0.25, 0.3) is 0 Å². The number of esters is 1. The number of unbranched alkanes of at least 4 members (excludes halogenated alkanes) is 1. The number of hydrogen-bond donors (Lipinski definition) is 4. The molecule has 0 saturated carbocycles. The van der Waals surface area contributed by atoms with E-state index in [0.29, 0.717) is 19.4 Å². The number of ether oxygens (including phenoxy) is 2. The molecule has 0 aliphatic carbocycles. The van der Waals surface area contributed by atoms with Gasteiger partial charge in [-0.15, -0.1) is 12.3 Å². The lowest BCUT2D eigenvalue weighted by atomic mass is 10.1. The number of alkyl carbamates (subject to hydrolysis) is 1. The summed E-state index contributed by atoms with van der Waals surface area (Å²) in [5.74, 6) is 0.241. The number of urea groups is 1. The van der Waals surface area contributed by atoms with Crippen LogP contribution in [0.15, 0.2) is 30.3 Å². The van der Waals surface area contributed by atoms with E-state index < -0.39 is 41.7 Å². The molecule has 4 N–H and O–H groups in total. The van der Waals surface area contributed by atoms with Gasteiger partial charge in [0.15, 0.2) is 0 Å². The number of amides is 3. The minimum absolute atomic E-state index is 0.156. The van der Waals surface area contributed by atoms with Gasteiger partial charge in [-0.05, 0) is 45.6 Å². The van der Waals surface area contributed by atoms with Crippen LogP contribution < -0.4 is 16.0 Å². The van der Waals surface area contributed by atoms with E-state index in [2.05, 4.69) is 21.9 Å². The van der Waals surface area contributed by atoms with Gasteiger partial charge in [-0.25, -0.2) is 19.2 Å². The molecule has 0 aliphatic heterocycles. The van der Waals surface area contributed by atoms with E-state index in [9.17, 15) is 19.2 Å². The fourth-order valence-electron chi connectivity index (χ4n) is 2.74. The minimum Gasteiger partial charge on any atom is -0.480 e. The number of carbonyl (C=O) groups excluding carboxylic acids is 3. The number of terminal acetylenes is 1. The van der Waals surface area contributed by atoms with E-state index in [-0.39, 0.29) is 19.4 Å². The number of carbonyl (C=O) groups is 4. The Labute approximate surface area is 199 Å². The number of benzene rings is 1. The molecule has 0 aliphatic rings. The summed E-state index contributed by atoms with van der Waals surface area (Å²) in [7, 11) is 0. The molecule has 0 bridgehead atoms. The summed E-state index contributed by atoms with van der Waals surface area (Å²) < 4.78 is 10.5. The third-order valence-corrected chi connectivity index (χ3v) is 4.32. The van der Waals surface area contributed by atoms with Crippen LogP contribution in [-0.2, 0) is 25.7 Å². The fraction of sp³-hybridized carbons (Fsp3) is 0.500. The second-order valence-electron chi connectivity index (χ2n) is 8.49. The molecule has 34 heavy (non-hydrogen) atoms. The van der Waals surface area contributed by atoms with Gasteiger partial charge in [-0.1, -0.05) is 30.3 Å². The van der Waals surface area contributed by atoms with Crippen LogP contribution in [0, 0.1) is 12.3 Å². The van der Waals surface area contributed by atoms with E-state index in [1.165, 1.54) is 0 Å². The Morgan fingerprint density at radius 1 is 1.06 bits per heavy atom. The molecule has 0 heterocycles. The molecule has 0 saturated heterocycles. The van der Waals surface area contributed by atoms with E-state index in [1.807, 2.05) is 30.3 Å². The molecule has 0 fully saturated rings. The average Bonchev–Trinajstić information content (AvgIpc) is 2.75. The molecule has 3 amide bonds. The lowest BCUT2D eigenvalue weighted by molar-refractivity contribution is -0.157. The highest BCUT2D eigenvalue weighted by molar-refractivity contribution is 5.86. The second kappa shape index (κ2) is 14.4. The molecular formula is C24H33N3O7. The first-order valence-electron chi connectivity index (χ1n) is 10.9. The molecule has 0 radical (unpaired) electrons. The van der Waals surface area contributed by atoms with Crippen LogP contribution in [0.3, 0.4) is 0 Å². The summed E-state index contributed by atoms with van der Waals surface area (Å²) >= 11 is 0. The molecule has 2 unspecified atom stereocenters. The summed E-state index contributed by atoms with van der Waals surface area (Å²) in [6, 6.07) is 6.12. The molecule has 10 heteroatoms. The monoisotopic (exact) mass is 475 g/mol. The van der Waals surface area contributed by atoms with Crippen molar-refractivity contribution in [3.8, 4) is 12.3 Å². The Morgan fingerprint density at radius 3 is 2.29 bits per heavy atom. The first-order chi connectivity index (χ1) is 16.0. The van der Waals surface area contributed by atoms with Crippen molar-refractivity contribution in [1.29, 1.82) is 0 Å². The summed E-state index contributed by atoms with van der Waals surface area (Å²) in [4.78, 5) is 47.8. The fourth-order valence-corrected chi connectivity index (χ4v) is 2.74. The Morgan fingerprint density at radius 2 is 1.71 bits per heavy atom. The second-order valence-corrected chi connectivity index (χ2v) is 8.49. The van der Waals surface area contributed by atoms with Gasteiger partial charge in [0.05, 0.1) is 0 Å². The maximum Gasteiger partial charge on any atom is 0.407 e. The van der Waals surface area contributed by atoms with Crippen LogP contribution in [0.4, 0.5) is 9.59 Å². The van der Waals surface area contributed by atoms with Gasteiger partial charge in [-0.3, -0.25) is 0 Å². The Kier molecular flexibility index (Phi) is 12.0. The lowest BCUT2D eigenvalue weighted by Crippen LogP contribution is -2.52. The first kappa shape index (κ1) is 28.3.